The standard InChI is InChI=1S/C23H31N3O4/c1-4-25(14(2)3)18-6-5-7-20(18)30-16-8-9-17-15(12-16)13-26(23(17)29)19-10-11-21(27)24-22(19)28/h8-9,12,14,18-20H,4-7,10-11,13H2,1-3H3,(H,24,27,28)/p+1/t18-,19?,20-/m0/s1. The lowest BCUT2D eigenvalue weighted by Crippen LogP contribution is -2.82. The van der Waals surface area contributed by atoms with Gasteiger partial charge in [-0.25, -0.2) is 4.79 Å². The van der Waals surface area contributed by atoms with Crippen molar-refractivity contribution in [2.45, 2.75) is 83.6 Å². The number of carbonyl (C=O) groups is 2. The van der Waals surface area contributed by atoms with Crippen LogP contribution >= 0.6 is 0 Å². The van der Waals surface area contributed by atoms with E-state index in [-0.39, 0.29) is 23.8 Å². The van der Waals surface area contributed by atoms with E-state index in [0.29, 0.717) is 37.0 Å². The Morgan fingerprint density at radius 2 is 2.07 bits per heavy atom. The number of ether oxygens (including phenoxy) is 1. The number of amides is 2. The molecule has 2 aliphatic heterocycles. The highest BCUT2D eigenvalue weighted by Crippen LogP contribution is 2.33. The lowest BCUT2D eigenvalue weighted by Gasteiger charge is -2.35. The van der Waals surface area contributed by atoms with Crippen LogP contribution in [0.4, 0.5) is 0 Å². The molecule has 1 aromatic rings. The van der Waals surface area contributed by atoms with Crippen molar-refractivity contribution < 1.29 is 24.4 Å². The van der Waals surface area contributed by atoms with Gasteiger partial charge in [-0.05, 0) is 69.8 Å². The van der Waals surface area contributed by atoms with E-state index in [1.807, 2.05) is 18.2 Å². The van der Waals surface area contributed by atoms with E-state index in [0.717, 1.165) is 37.1 Å². The highest BCUT2D eigenvalue weighted by molar-refractivity contribution is 6.01. The van der Waals surface area contributed by atoms with Crippen LogP contribution in [0.3, 0.4) is 0 Å². The van der Waals surface area contributed by atoms with Gasteiger partial charge in [-0.3, -0.25) is 9.69 Å². The van der Waals surface area contributed by atoms with Crippen molar-refractivity contribution in [1.29, 1.82) is 0 Å². The number of rotatable bonds is 6. The van der Waals surface area contributed by atoms with Gasteiger partial charge in [-0.15, -0.1) is 4.99 Å². The Balaban J connectivity index is 1.49. The largest absolute Gasteiger partial charge is 0.489 e. The number of aliphatic hydroxyl groups excluding tert-OH is 1. The molecule has 1 aliphatic carbocycles. The second-order valence-electron chi connectivity index (χ2n) is 8.82. The summed E-state index contributed by atoms with van der Waals surface area (Å²) in [5.74, 6) is 0.341. The molecule has 0 aromatic heterocycles. The van der Waals surface area contributed by atoms with Crippen LogP contribution in [-0.2, 0) is 11.3 Å². The summed E-state index contributed by atoms with van der Waals surface area (Å²) in [7, 11) is 0. The molecule has 0 saturated heterocycles. The fourth-order valence-corrected chi connectivity index (χ4v) is 5.22. The van der Waals surface area contributed by atoms with E-state index in [4.69, 9.17) is 4.74 Å². The number of hydrogen-bond donors (Lipinski definition) is 2. The van der Waals surface area contributed by atoms with E-state index >= 15 is 0 Å². The maximum atomic E-state index is 12.9. The Bertz CT molecular complexity index is 866. The minimum Gasteiger partial charge on any atom is -0.489 e. The second-order valence-corrected chi connectivity index (χ2v) is 8.82. The zero-order valence-corrected chi connectivity index (χ0v) is 18.1. The third-order valence-electron chi connectivity index (χ3n) is 6.67. The third kappa shape index (κ3) is 3.83. The number of aliphatic hydroxyl groups is 1. The van der Waals surface area contributed by atoms with E-state index < -0.39 is 6.04 Å². The van der Waals surface area contributed by atoms with Gasteiger partial charge in [0.15, 0.2) is 6.04 Å². The lowest BCUT2D eigenvalue weighted by atomic mass is 10.1. The quantitative estimate of drug-likeness (QED) is 0.735. The minimum absolute atomic E-state index is 0.111. The SMILES string of the molecule is CCN(C(C)C)[C@H]1CCC[C@@H]1Oc1ccc2c(c1)CN(C1CCC(=O)[NH+]=C1O)C2=O. The number of nitrogens with zero attached hydrogens (tertiary/aromatic N) is 2. The van der Waals surface area contributed by atoms with E-state index in [1.165, 1.54) is 0 Å². The minimum atomic E-state index is -0.477. The summed E-state index contributed by atoms with van der Waals surface area (Å²) in [4.78, 5) is 30.9. The molecule has 1 aromatic carbocycles. The van der Waals surface area contributed by atoms with Gasteiger partial charge in [0.1, 0.15) is 11.9 Å². The smallest absolute Gasteiger partial charge is 0.388 e. The number of carbonyl (C=O) groups excluding carboxylic acids is 2. The van der Waals surface area contributed by atoms with Gasteiger partial charge >= 0.3 is 11.8 Å². The molecule has 4 rings (SSSR count). The van der Waals surface area contributed by atoms with Gasteiger partial charge in [0.2, 0.25) is 0 Å². The van der Waals surface area contributed by atoms with Crippen LogP contribution in [0.2, 0.25) is 0 Å². The van der Waals surface area contributed by atoms with Crippen molar-refractivity contribution in [2.75, 3.05) is 6.54 Å². The van der Waals surface area contributed by atoms with Crippen molar-refractivity contribution >= 4 is 17.7 Å². The molecule has 3 aliphatic rings. The van der Waals surface area contributed by atoms with Gasteiger partial charge < -0.3 is 14.7 Å². The molecule has 0 radical (unpaired) electrons. The van der Waals surface area contributed by atoms with Crippen molar-refractivity contribution in [3.63, 3.8) is 0 Å². The Morgan fingerprint density at radius 3 is 2.77 bits per heavy atom. The van der Waals surface area contributed by atoms with E-state index in [9.17, 15) is 14.7 Å². The van der Waals surface area contributed by atoms with Gasteiger partial charge in [-0.1, -0.05) is 6.92 Å². The molecule has 2 amide bonds. The monoisotopic (exact) mass is 414 g/mol. The first-order chi connectivity index (χ1) is 14.4. The van der Waals surface area contributed by atoms with Crippen LogP contribution in [0.25, 0.3) is 0 Å². The van der Waals surface area contributed by atoms with E-state index in [1.54, 1.807) is 4.90 Å². The number of nitrogens with one attached hydrogen (secondary N) is 1. The van der Waals surface area contributed by atoms with Gasteiger partial charge in [0.25, 0.3) is 5.91 Å². The Hall–Kier alpha value is -2.41. The Morgan fingerprint density at radius 1 is 1.27 bits per heavy atom. The molecule has 30 heavy (non-hydrogen) atoms. The molecule has 3 atom stereocenters. The molecule has 1 fully saturated rings. The fourth-order valence-electron chi connectivity index (χ4n) is 5.22. The van der Waals surface area contributed by atoms with Crippen molar-refractivity contribution in [3.8, 4) is 5.75 Å². The summed E-state index contributed by atoms with van der Waals surface area (Å²) in [6, 6.07) is 6.10. The molecule has 1 saturated carbocycles. The zero-order chi connectivity index (χ0) is 21.4. The highest BCUT2D eigenvalue weighted by Gasteiger charge is 2.41. The average molecular weight is 415 g/mol. The number of benzene rings is 1. The van der Waals surface area contributed by atoms with Crippen LogP contribution in [0.5, 0.6) is 5.75 Å². The topological polar surface area (TPSA) is 84.1 Å². The summed E-state index contributed by atoms with van der Waals surface area (Å²) >= 11 is 0. The maximum Gasteiger partial charge on any atom is 0.388 e. The summed E-state index contributed by atoms with van der Waals surface area (Å²) < 4.78 is 6.41. The predicted octanol–water partition coefficient (Wildman–Crippen LogP) is 1.40. The summed E-state index contributed by atoms with van der Waals surface area (Å²) in [6.07, 6.45) is 4.25. The van der Waals surface area contributed by atoms with Crippen LogP contribution in [0, 0.1) is 0 Å². The van der Waals surface area contributed by atoms with Crippen LogP contribution in [0.1, 0.15) is 68.8 Å². The van der Waals surface area contributed by atoms with Gasteiger partial charge in [-0.2, -0.15) is 0 Å². The summed E-state index contributed by atoms with van der Waals surface area (Å²) in [5.41, 5.74) is 1.56. The third-order valence-corrected chi connectivity index (χ3v) is 6.67. The highest BCUT2D eigenvalue weighted by atomic mass is 16.5. The van der Waals surface area contributed by atoms with Gasteiger partial charge in [0.05, 0.1) is 6.42 Å². The summed E-state index contributed by atoms with van der Waals surface area (Å²) in [6.45, 7) is 8.08. The molecule has 2 N–H and O–H groups in total. The first kappa shape index (κ1) is 20.8. The molecule has 162 valence electrons. The molecular weight excluding hydrogens is 382 g/mol. The maximum absolute atomic E-state index is 12.9. The summed E-state index contributed by atoms with van der Waals surface area (Å²) in [5, 5.41) is 10.2. The number of fused-ring (bicyclic) bond motifs is 1. The first-order valence-electron chi connectivity index (χ1n) is 11.1. The number of hydrogen-bond acceptors (Lipinski definition) is 4. The van der Waals surface area contributed by atoms with Crippen LogP contribution in [-0.4, -0.2) is 63.4 Å². The van der Waals surface area contributed by atoms with Crippen molar-refractivity contribution in [3.05, 3.63) is 29.3 Å². The number of likely N-dealkylation sites (N-methyl/N-ethyl adjacent to an activating group) is 1. The van der Waals surface area contributed by atoms with E-state index in [2.05, 4.69) is 30.7 Å². The molecule has 0 spiro atoms. The Kier molecular flexibility index (Phi) is 5.82. The van der Waals surface area contributed by atoms with Crippen LogP contribution < -0.4 is 9.73 Å². The molecule has 7 nitrogen and oxygen atoms in total. The molecule has 0 bridgehead atoms. The zero-order valence-electron chi connectivity index (χ0n) is 18.1. The van der Waals surface area contributed by atoms with Gasteiger partial charge in [0, 0.05) is 24.2 Å². The Labute approximate surface area is 177 Å². The lowest BCUT2D eigenvalue weighted by molar-refractivity contribution is -0.394. The van der Waals surface area contributed by atoms with Crippen molar-refractivity contribution in [2.24, 2.45) is 0 Å². The molecule has 1 unspecified atom stereocenters. The molecule has 2 heterocycles. The fraction of sp³-hybridized carbons (Fsp3) is 0.609. The molecular formula is C23H32N3O4+. The second kappa shape index (κ2) is 8.38. The first-order valence-corrected chi connectivity index (χ1v) is 11.1. The predicted molar refractivity (Wildman–Crippen MR) is 113 cm³/mol. The van der Waals surface area contributed by atoms with Crippen LogP contribution in [0.15, 0.2) is 18.2 Å². The molecule has 7 heteroatoms. The van der Waals surface area contributed by atoms with Crippen molar-refractivity contribution in [1.82, 2.24) is 9.80 Å². The normalized spacial score (nSPS) is 26.5. The average Bonchev–Trinajstić information content (AvgIpc) is 3.27.